The summed E-state index contributed by atoms with van der Waals surface area (Å²) in [6.07, 6.45) is 7.99. The molecule has 1 fully saturated rings. The molecule has 0 unspecified atom stereocenters. The normalized spacial score (nSPS) is 15.5. The highest BCUT2D eigenvalue weighted by Gasteiger charge is 2.28. The van der Waals surface area contributed by atoms with Gasteiger partial charge in [-0.15, -0.1) is 0 Å². The molecular formula is C22H25N3O3S. The Balaban J connectivity index is 1.45. The zero-order valence-corrected chi connectivity index (χ0v) is 17.3. The lowest BCUT2D eigenvalue weighted by Gasteiger charge is -2.22. The summed E-state index contributed by atoms with van der Waals surface area (Å²) in [4.78, 5) is 21.9. The Bertz CT molecular complexity index is 1080. The van der Waals surface area contributed by atoms with Gasteiger partial charge in [-0.3, -0.25) is 9.78 Å². The lowest BCUT2D eigenvalue weighted by molar-refractivity contribution is 0.0780. The predicted octanol–water partition coefficient (Wildman–Crippen LogP) is 3.94. The molecule has 4 rings (SSSR count). The van der Waals surface area contributed by atoms with Gasteiger partial charge in [-0.25, -0.2) is 8.42 Å². The van der Waals surface area contributed by atoms with Crippen molar-refractivity contribution in [1.29, 1.82) is 0 Å². The van der Waals surface area contributed by atoms with Gasteiger partial charge in [0.25, 0.3) is 5.91 Å². The van der Waals surface area contributed by atoms with E-state index in [2.05, 4.69) is 9.97 Å². The summed E-state index contributed by atoms with van der Waals surface area (Å²) < 4.78 is 25.7. The summed E-state index contributed by atoms with van der Waals surface area (Å²) in [7, 11) is -1.54. The molecule has 152 valence electrons. The van der Waals surface area contributed by atoms with E-state index in [9.17, 15) is 13.2 Å². The van der Waals surface area contributed by atoms with Crippen molar-refractivity contribution in [3.05, 3.63) is 60.0 Å². The molecule has 0 radical (unpaired) electrons. The minimum atomic E-state index is -3.27. The van der Waals surface area contributed by atoms with Crippen molar-refractivity contribution in [2.45, 2.75) is 48.8 Å². The maximum Gasteiger partial charge on any atom is 0.270 e. The number of rotatable bonds is 5. The number of aromatic amines is 1. The van der Waals surface area contributed by atoms with Crippen molar-refractivity contribution in [3.63, 3.8) is 0 Å². The van der Waals surface area contributed by atoms with E-state index in [1.165, 1.54) is 0 Å². The van der Waals surface area contributed by atoms with Crippen LogP contribution in [0.4, 0.5) is 0 Å². The minimum Gasteiger partial charge on any atom is -0.350 e. The van der Waals surface area contributed by atoms with Crippen LogP contribution in [0.5, 0.6) is 0 Å². The maximum atomic E-state index is 12.8. The second-order valence-electron chi connectivity index (χ2n) is 7.76. The highest BCUT2D eigenvalue weighted by molar-refractivity contribution is 7.92. The van der Waals surface area contributed by atoms with Gasteiger partial charge in [0.15, 0.2) is 9.84 Å². The molecule has 2 aromatic heterocycles. The minimum absolute atomic E-state index is 0.125. The molecule has 0 atom stereocenters. The Morgan fingerprint density at radius 1 is 1.14 bits per heavy atom. The number of amides is 1. The van der Waals surface area contributed by atoms with Crippen molar-refractivity contribution in [1.82, 2.24) is 14.9 Å². The first-order valence-electron chi connectivity index (χ1n) is 9.96. The van der Waals surface area contributed by atoms with Gasteiger partial charge >= 0.3 is 0 Å². The quantitative estimate of drug-likeness (QED) is 0.689. The fourth-order valence-corrected chi connectivity index (χ4v) is 5.85. The van der Waals surface area contributed by atoms with Crippen molar-refractivity contribution in [3.8, 4) is 0 Å². The van der Waals surface area contributed by atoms with Crippen LogP contribution in [0, 0.1) is 0 Å². The van der Waals surface area contributed by atoms with E-state index in [1.807, 2.05) is 6.07 Å². The molecule has 3 aromatic rings. The zero-order valence-electron chi connectivity index (χ0n) is 16.5. The van der Waals surface area contributed by atoms with Crippen molar-refractivity contribution >= 4 is 26.6 Å². The smallest absolute Gasteiger partial charge is 0.270 e. The molecule has 6 nitrogen and oxygen atoms in total. The van der Waals surface area contributed by atoms with Crippen molar-refractivity contribution in [2.24, 2.45) is 0 Å². The van der Waals surface area contributed by atoms with Gasteiger partial charge in [-0.05, 0) is 42.7 Å². The molecule has 7 heteroatoms. The number of nitrogens with one attached hydrogen (secondary N) is 1. The van der Waals surface area contributed by atoms with Crippen LogP contribution in [0.2, 0.25) is 0 Å². The molecule has 0 aliphatic heterocycles. The standard InChI is InChI=1S/C22H25N3O3S/c1-25(22(26)21-13-17-14-23-12-11-20(17)24-21)15-16-7-9-19(10-8-16)29(27,28)18-5-3-2-4-6-18/h7-14,18,24H,2-6,15H2,1H3. The summed E-state index contributed by atoms with van der Waals surface area (Å²) in [5.41, 5.74) is 2.27. The molecule has 1 aliphatic carbocycles. The fourth-order valence-electron chi connectivity index (χ4n) is 3.99. The second-order valence-corrected chi connectivity index (χ2v) is 9.98. The number of nitrogens with zero attached hydrogens (tertiary/aromatic N) is 2. The molecule has 1 aliphatic rings. The number of aromatic nitrogens is 2. The van der Waals surface area contributed by atoms with Crippen LogP contribution in [0.3, 0.4) is 0 Å². The predicted molar refractivity (Wildman–Crippen MR) is 112 cm³/mol. The van der Waals surface area contributed by atoms with Gasteiger partial charge in [0.1, 0.15) is 5.69 Å². The zero-order chi connectivity index (χ0) is 20.4. The second kappa shape index (κ2) is 7.99. The number of benzene rings is 1. The number of H-pyrrole nitrogens is 1. The topological polar surface area (TPSA) is 83.1 Å². The summed E-state index contributed by atoms with van der Waals surface area (Å²) in [6, 6.07) is 10.6. The number of hydrogen-bond acceptors (Lipinski definition) is 4. The van der Waals surface area contributed by atoms with E-state index < -0.39 is 9.84 Å². The van der Waals surface area contributed by atoms with Gasteiger partial charge in [-0.2, -0.15) is 0 Å². The Kier molecular flexibility index (Phi) is 5.41. The molecule has 0 spiro atoms. The lowest BCUT2D eigenvalue weighted by atomic mass is 10.0. The molecule has 1 amide bonds. The van der Waals surface area contributed by atoms with Crippen LogP contribution in [-0.2, 0) is 16.4 Å². The molecule has 29 heavy (non-hydrogen) atoms. The number of carbonyl (C=O) groups is 1. The first kappa shape index (κ1) is 19.6. The number of pyridine rings is 1. The van der Waals surface area contributed by atoms with Gasteiger partial charge in [0, 0.05) is 36.9 Å². The third kappa shape index (κ3) is 4.05. The van der Waals surface area contributed by atoms with E-state index in [0.29, 0.717) is 17.1 Å². The first-order valence-corrected chi connectivity index (χ1v) is 11.5. The number of carbonyl (C=O) groups excluding carboxylic acids is 1. The number of fused-ring (bicyclic) bond motifs is 1. The van der Waals surface area contributed by atoms with Crippen molar-refractivity contribution in [2.75, 3.05) is 7.05 Å². The SMILES string of the molecule is CN(Cc1ccc(S(=O)(=O)C2CCCCC2)cc1)C(=O)c1cc2cnccc2[nH]1. The van der Waals surface area contributed by atoms with Crippen LogP contribution >= 0.6 is 0 Å². The third-order valence-electron chi connectivity index (χ3n) is 5.66. The lowest BCUT2D eigenvalue weighted by Crippen LogP contribution is -2.26. The first-order chi connectivity index (χ1) is 13.9. The molecule has 1 saturated carbocycles. The molecule has 1 N–H and O–H groups in total. The van der Waals surface area contributed by atoms with Gasteiger partial charge < -0.3 is 9.88 Å². The Morgan fingerprint density at radius 2 is 1.86 bits per heavy atom. The fraction of sp³-hybridized carbons (Fsp3) is 0.364. The van der Waals surface area contributed by atoms with Crippen molar-refractivity contribution < 1.29 is 13.2 Å². The average molecular weight is 412 g/mol. The Hall–Kier alpha value is -2.67. The third-order valence-corrected chi connectivity index (χ3v) is 7.94. The molecule has 2 heterocycles. The summed E-state index contributed by atoms with van der Waals surface area (Å²) in [5, 5.41) is 0.629. The van der Waals surface area contributed by atoms with E-state index in [4.69, 9.17) is 0 Å². The molecule has 0 saturated heterocycles. The number of hydrogen-bond donors (Lipinski definition) is 1. The summed E-state index contributed by atoms with van der Waals surface area (Å²) >= 11 is 0. The maximum absolute atomic E-state index is 12.8. The van der Waals surface area contributed by atoms with E-state index >= 15 is 0 Å². The van der Waals surface area contributed by atoms with Crippen LogP contribution < -0.4 is 0 Å². The van der Waals surface area contributed by atoms with Gasteiger partial charge in [-0.1, -0.05) is 31.4 Å². The molecule has 0 bridgehead atoms. The van der Waals surface area contributed by atoms with Crippen LogP contribution in [-0.4, -0.2) is 41.5 Å². The van der Waals surface area contributed by atoms with Crippen LogP contribution in [0.15, 0.2) is 53.7 Å². The highest BCUT2D eigenvalue weighted by atomic mass is 32.2. The Morgan fingerprint density at radius 3 is 2.55 bits per heavy atom. The average Bonchev–Trinajstić information content (AvgIpc) is 3.18. The molecular weight excluding hydrogens is 386 g/mol. The van der Waals surface area contributed by atoms with E-state index in [0.717, 1.165) is 48.6 Å². The summed E-state index contributed by atoms with van der Waals surface area (Å²) in [5.74, 6) is -0.125. The van der Waals surface area contributed by atoms with Crippen LogP contribution in [0.25, 0.3) is 10.9 Å². The monoisotopic (exact) mass is 411 g/mol. The van der Waals surface area contributed by atoms with Crippen LogP contribution in [0.1, 0.15) is 48.2 Å². The highest BCUT2D eigenvalue weighted by Crippen LogP contribution is 2.28. The van der Waals surface area contributed by atoms with Gasteiger partial charge in [0.2, 0.25) is 0 Å². The summed E-state index contributed by atoms with van der Waals surface area (Å²) in [6.45, 7) is 0.399. The van der Waals surface area contributed by atoms with E-state index in [1.54, 1.807) is 54.7 Å². The molecule has 1 aromatic carbocycles. The van der Waals surface area contributed by atoms with Gasteiger partial charge in [0.05, 0.1) is 10.1 Å². The Labute approximate surface area is 170 Å². The largest absolute Gasteiger partial charge is 0.350 e. The number of sulfone groups is 1. The van der Waals surface area contributed by atoms with E-state index in [-0.39, 0.29) is 11.2 Å².